The van der Waals surface area contributed by atoms with Crippen LogP contribution in [-0.4, -0.2) is 28.8 Å². The molecule has 0 aromatic carbocycles. The summed E-state index contributed by atoms with van der Waals surface area (Å²) in [6, 6.07) is 0. The number of methoxy groups -OCH3 is 1. The summed E-state index contributed by atoms with van der Waals surface area (Å²) in [5.41, 5.74) is 7.49. The first-order chi connectivity index (χ1) is 10.1. The number of hydrogen-bond donors (Lipinski definition) is 1. The molecule has 1 aliphatic rings. The number of nitrogens with two attached hydrogens (primary N) is 1. The van der Waals surface area contributed by atoms with E-state index in [2.05, 4.69) is 21.6 Å². The number of fused-ring (bicyclic) bond motifs is 3. The molecule has 0 spiro atoms. The highest BCUT2D eigenvalue weighted by molar-refractivity contribution is 7.99. The summed E-state index contributed by atoms with van der Waals surface area (Å²) in [6.07, 6.45) is 3.51. The second-order valence-electron chi connectivity index (χ2n) is 5.17. The van der Waals surface area contributed by atoms with Gasteiger partial charge in [-0.25, -0.2) is 9.97 Å². The number of thiophene rings is 1. The number of hydrogen-bond acceptors (Lipinski definition) is 7. The molecule has 21 heavy (non-hydrogen) atoms. The van der Waals surface area contributed by atoms with E-state index in [1.165, 1.54) is 42.2 Å². The van der Waals surface area contributed by atoms with Crippen molar-refractivity contribution in [2.24, 2.45) is 0 Å². The number of nitrogen functional groups attached to an aromatic ring is 1. The van der Waals surface area contributed by atoms with E-state index in [0.29, 0.717) is 16.9 Å². The molecule has 7 heteroatoms. The van der Waals surface area contributed by atoms with Gasteiger partial charge in [0.1, 0.15) is 10.6 Å². The number of thioether (sulfide) groups is 1. The van der Waals surface area contributed by atoms with Gasteiger partial charge in [-0.15, -0.1) is 11.3 Å². The van der Waals surface area contributed by atoms with E-state index >= 15 is 0 Å². The van der Waals surface area contributed by atoms with Crippen LogP contribution in [0.15, 0.2) is 5.16 Å². The molecule has 2 aromatic heterocycles. The molecule has 0 amide bonds. The fourth-order valence-electron chi connectivity index (χ4n) is 2.74. The molecule has 5 nitrogen and oxygen atoms in total. The van der Waals surface area contributed by atoms with Gasteiger partial charge >= 0.3 is 5.97 Å². The molecule has 0 saturated heterocycles. The Morgan fingerprint density at radius 2 is 2.33 bits per heavy atom. The van der Waals surface area contributed by atoms with E-state index in [4.69, 9.17) is 5.73 Å². The Morgan fingerprint density at radius 1 is 1.52 bits per heavy atom. The predicted molar refractivity (Wildman–Crippen MR) is 85.9 cm³/mol. The van der Waals surface area contributed by atoms with Crippen LogP contribution in [0.3, 0.4) is 0 Å². The van der Waals surface area contributed by atoms with Crippen molar-refractivity contribution in [3.63, 3.8) is 0 Å². The van der Waals surface area contributed by atoms with E-state index in [-0.39, 0.29) is 11.7 Å². The smallest absolute Gasteiger partial charge is 0.316 e. The number of ether oxygens (including phenoxy) is 1. The molecule has 0 bridgehead atoms. The van der Waals surface area contributed by atoms with Gasteiger partial charge in [0.05, 0.1) is 18.2 Å². The van der Waals surface area contributed by atoms with Gasteiger partial charge in [0.25, 0.3) is 0 Å². The summed E-state index contributed by atoms with van der Waals surface area (Å²) in [4.78, 5) is 22.5. The minimum Gasteiger partial charge on any atom is -0.468 e. The molecule has 0 saturated carbocycles. The van der Waals surface area contributed by atoms with Crippen molar-refractivity contribution in [3.05, 3.63) is 10.4 Å². The van der Waals surface area contributed by atoms with Crippen LogP contribution in [0.4, 0.5) is 5.82 Å². The van der Waals surface area contributed by atoms with Crippen molar-refractivity contribution in [3.8, 4) is 0 Å². The Labute approximate surface area is 131 Å². The fourth-order valence-corrected chi connectivity index (χ4v) is 4.82. The molecule has 112 valence electrons. The van der Waals surface area contributed by atoms with Gasteiger partial charge in [0.2, 0.25) is 0 Å². The highest BCUT2D eigenvalue weighted by Gasteiger charge is 2.25. The topological polar surface area (TPSA) is 78.1 Å². The Hall–Kier alpha value is -1.34. The minimum absolute atomic E-state index is 0.197. The van der Waals surface area contributed by atoms with Crippen LogP contribution in [0.25, 0.3) is 10.2 Å². The average molecular weight is 323 g/mol. The van der Waals surface area contributed by atoms with Gasteiger partial charge < -0.3 is 10.5 Å². The molecule has 0 aliphatic heterocycles. The van der Waals surface area contributed by atoms with Crippen molar-refractivity contribution in [1.82, 2.24) is 9.97 Å². The number of carbonyl (C=O) groups excluding carboxylic acids is 1. The van der Waals surface area contributed by atoms with Crippen LogP contribution in [0.1, 0.15) is 36.1 Å². The molecule has 1 atom stereocenters. The Kier molecular flexibility index (Phi) is 4.03. The summed E-state index contributed by atoms with van der Waals surface area (Å²) in [5, 5.41) is 1.56. The molecule has 1 unspecified atom stereocenters. The van der Waals surface area contributed by atoms with Gasteiger partial charge in [-0.3, -0.25) is 4.79 Å². The van der Waals surface area contributed by atoms with Crippen molar-refractivity contribution in [2.75, 3.05) is 18.6 Å². The predicted octanol–water partition coefficient (Wildman–Crippen LogP) is 2.98. The maximum atomic E-state index is 11.2. The van der Waals surface area contributed by atoms with Crippen LogP contribution in [0, 0.1) is 0 Å². The summed E-state index contributed by atoms with van der Waals surface area (Å²) < 4.78 is 4.63. The summed E-state index contributed by atoms with van der Waals surface area (Å²) >= 11 is 2.97. The van der Waals surface area contributed by atoms with Crippen LogP contribution >= 0.6 is 23.1 Å². The summed E-state index contributed by atoms with van der Waals surface area (Å²) in [7, 11) is 1.37. The number of anilines is 1. The first-order valence-corrected chi connectivity index (χ1v) is 8.68. The second kappa shape index (κ2) is 5.81. The van der Waals surface area contributed by atoms with E-state index in [1.807, 2.05) is 0 Å². The Morgan fingerprint density at radius 3 is 3.10 bits per heavy atom. The number of aryl methyl sites for hydroxylation is 1. The Bertz CT molecular complexity index is 699. The number of esters is 1. The lowest BCUT2D eigenvalue weighted by molar-refractivity contribution is -0.137. The largest absolute Gasteiger partial charge is 0.468 e. The molecule has 2 aromatic rings. The second-order valence-corrected chi connectivity index (χ2v) is 7.19. The standard InChI is InChI=1S/C14H17N3O2S2/c1-7-4-3-5-8-10(7)11-12(15)16-14(17-13(11)21-8)20-6-9(18)19-2/h7H,3-6H2,1-2H3,(H2,15,16,17). The molecule has 1 aliphatic carbocycles. The van der Waals surface area contributed by atoms with Crippen molar-refractivity contribution >= 4 is 45.1 Å². The van der Waals surface area contributed by atoms with E-state index < -0.39 is 0 Å². The average Bonchev–Trinajstić information content (AvgIpc) is 2.84. The van der Waals surface area contributed by atoms with Gasteiger partial charge in [-0.2, -0.15) is 0 Å². The van der Waals surface area contributed by atoms with E-state index in [9.17, 15) is 4.79 Å². The highest BCUT2D eigenvalue weighted by Crippen LogP contribution is 2.43. The third-order valence-corrected chi connectivity index (χ3v) is 5.73. The highest BCUT2D eigenvalue weighted by atomic mass is 32.2. The lowest BCUT2D eigenvalue weighted by Crippen LogP contribution is -2.06. The maximum Gasteiger partial charge on any atom is 0.316 e. The number of carbonyl (C=O) groups is 1. The van der Waals surface area contributed by atoms with E-state index in [1.54, 1.807) is 11.3 Å². The zero-order chi connectivity index (χ0) is 15.0. The van der Waals surface area contributed by atoms with Gasteiger partial charge in [0, 0.05) is 4.88 Å². The van der Waals surface area contributed by atoms with Crippen molar-refractivity contribution in [1.29, 1.82) is 0 Å². The van der Waals surface area contributed by atoms with Crippen LogP contribution in [0.5, 0.6) is 0 Å². The van der Waals surface area contributed by atoms with Crippen molar-refractivity contribution in [2.45, 2.75) is 37.3 Å². The molecule has 0 radical (unpaired) electrons. The van der Waals surface area contributed by atoms with Crippen LogP contribution in [-0.2, 0) is 16.0 Å². The minimum atomic E-state index is -0.290. The maximum absolute atomic E-state index is 11.2. The zero-order valence-corrected chi connectivity index (χ0v) is 13.6. The molecule has 2 N–H and O–H groups in total. The monoisotopic (exact) mass is 323 g/mol. The number of aromatic nitrogens is 2. The summed E-state index contributed by atoms with van der Waals surface area (Å²) in [6.45, 7) is 2.24. The van der Waals surface area contributed by atoms with Gasteiger partial charge in [-0.1, -0.05) is 18.7 Å². The lowest BCUT2D eigenvalue weighted by atomic mass is 9.87. The SMILES string of the molecule is COC(=O)CSc1nc(N)c2c3c(sc2n1)CCCC3C. The molecule has 3 rings (SSSR count). The van der Waals surface area contributed by atoms with E-state index in [0.717, 1.165) is 16.6 Å². The van der Waals surface area contributed by atoms with Gasteiger partial charge in [0.15, 0.2) is 5.16 Å². The van der Waals surface area contributed by atoms with Crippen molar-refractivity contribution < 1.29 is 9.53 Å². The molecule has 2 heterocycles. The zero-order valence-electron chi connectivity index (χ0n) is 12.0. The first kappa shape index (κ1) is 14.6. The molecular formula is C14H17N3O2S2. The van der Waals surface area contributed by atoms with Gasteiger partial charge in [-0.05, 0) is 30.7 Å². The number of rotatable bonds is 3. The normalized spacial score (nSPS) is 17.7. The third kappa shape index (κ3) is 2.72. The lowest BCUT2D eigenvalue weighted by Gasteiger charge is -2.18. The van der Waals surface area contributed by atoms with Crippen LogP contribution in [0.2, 0.25) is 0 Å². The quantitative estimate of drug-likeness (QED) is 0.531. The summed E-state index contributed by atoms with van der Waals surface area (Å²) in [5.74, 6) is 0.949. The van der Waals surface area contributed by atoms with Crippen LogP contribution < -0.4 is 5.73 Å². The third-order valence-electron chi connectivity index (χ3n) is 3.75. The molecular weight excluding hydrogens is 306 g/mol. The first-order valence-electron chi connectivity index (χ1n) is 6.88. The fraction of sp³-hybridized carbons (Fsp3) is 0.500. The Balaban J connectivity index is 1.99. The molecule has 0 fully saturated rings. The number of nitrogens with zero attached hydrogens (tertiary/aromatic N) is 2.